The quantitative estimate of drug-likeness (QED) is 0.715. The Balaban J connectivity index is 1.82. The molecule has 2 heterocycles. The van der Waals surface area contributed by atoms with Crippen molar-refractivity contribution in [2.45, 2.75) is 50.3 Å². The van der Waals surface area contributed by atoms with Crippen molar-refractivity contribution in [2.24, 2.45) is 0 Å². The average molecular weight is 342 g/mol. The van der Waals surface area contributed by atoms with Crippen molar-refractivity contribution >= 4 is 35.5 Å². The van der Waals surface area contributed by atoms with Crippen molar-refractivity contribution in [3.8, 4) is 0 Å². The van der Waals surface area contributed by atoms with Gasteiger partial charge in [-0.15, -0.1) is 11.8 Å². The normalized spacial score (nSPS) is 25.1. The maximum atomic E-state index is 12.2. The van der Waals surface area contributed by atoms with E-state index in [0.717, 1.165) is 12.8 Å². The second-order valence-corrected chi connectivity index (χ2v) is 7.04. The number of aliphatic carboxylic acids is 1. The first-order valence-corrected chi connectivity index (χ1v) is 8.98. The van der Waals surface area contributed by atoms with Crippen molar-refractivity contribution in [2.75, 3.05) is 18.8 Å². The molecule has 2 atom stereocenters. The summed E-state index contributed by atoms with van der Waals surface area (Å²) in [6.45, 7) is 2.61. The predicted molar refractivity (Wildman–Crippen MR) is 84.9 cm³/mol. The fourth-order valence-electron chi connectivity index (χ4n) is 3.03. The van der Waals surface area contributed by atoms with Crippen LogP contribution in [0, 0.1) is 0 Å². The molecule has 7 nitrogen and oxygen atoms in total. The number of hydrogen-bond acceptors (Lipinski definition) is 5. The van der Waals surface area contributed by atoms with Gasteiger partial charge in [-0.1, -0.05) is 0 Å². The zero-order valence-electron chi connectivity index (χ0n) is 13.2. The minimum absolute atomic E-state index is 0.164. The van der Waals surface area contributed by atoms with E-state index in [2.05, 4.69) is 0 Å². The molecule has 2 unspecified atom stereocenters. The molecule has 0 radical (unpaired) electrons. The molecule has 2 fully saturated rings. The maximum absolute atomic E-state index is 12.2. The van der Waals surface area contributed by atoms with Crippen LogP contribution in [0.15, 0.2) is 0 Å². The van der Waals surface area contributed by atoms with E-state index in [1.54, 1.807) is 6.92 Å². The largest absolute Gasteiger partial charge is 0.480 e. The number of likely N-dealkylation sites (tertiary alicyclic amines) is 2. The fraction of sp³-hybridized carbons (Fsp3) is 0.733. The molecule has 8 heteroatoms. The molecule has 0 aromatic carbocycles. The minimum atomic E-state index is -0.958. The Morgan fingerprint density at radius 1 is 1.30 bits per heavy atom. The van der Waals surface area contributed by atoms with Crippen molar-refractivity contribution in [3.05, 3.63) is 0 Å². The Bertz CT molecular complexity index is 510. The number of nitrogens with zero attached hydrogens (tertiary/aromatic N) is 2. The number of carbonyl (C=O) groups excluding carboxylic acids is 3. The number of thioether (sulfide) groups is 1. The molecule has 2 saturated heterocycles. The molecule has 0 aromatic heterocycles. The van der Waals surface area contributed by atoms with Crippen LogP contribution >= 0.6 is 11.8 Å². The molecule has 1 N–H and O–H groups in total. The van der Waals surface area contributed by atoms with E-state index >= 15 is 0 Å². The Hall–Kier alpha value is -1.57. The summed E-state index contributed by atoms with van der Waals surface area (Å²) in [5, 5.41) is 8.78. The summed E-state index contributed by atoms with van der Waals surface area (Å²) in [4.78, 5) is 49.7. The lowest BCUT2D eigenvalue weighted by Gasteiger charge is -2.33. The van der Waals surface area contributed by atoms with Crippen molar-refractivity contribution in [1.82, 2.24) is 9.80 Å². The van der Waals surface area contributed by atoms with E-state index in [4.69, 9.17) is 0 Å². The van der Waals surface area contributed by atoms with E-state index < -0.39 is 17.3 Å². The number of hydrogen-bond donors (Lipinski definition) is 1. The highest BCUT2D eigenvalue weighted by molar-refractivity contribution is 8.00. The molecule has 23 heavy (non-hydrogen) atoms. The third-order valence-electron chi connectivity index (χ3n) is 4.26. The van der Waals surface area contributed by atoms with Gasteiger partial charge in [0.1, 0.15) is 6.04 Å². The maximum Gasteiger partial charge on any atom is 0.326 e. The van der Waals surface area contributed by atoms with Crippen LogP contribution in [-0.2, 0) is 19.2 Å². The molecule has 2 aliphatic heterocycles. The van der Waals surface area contributed by atoms with E-state index in [9.17, 15) is 24.3 Å². The lowest BCUT2D eigenvalue weighted by atomic mass is 10.0. The van der Waals surface area contributed by atoms with E-state index in [0.29, 0.717) is 25.3 Å². The van der Waals surface area contributed by atoms with Gasteiger partial charge in [-0.25, -0.2) is 4.79 Å². The van der Waals surface area contributed by atoms with Gasteiger partial charge < -0.3 is 10.0 Å². The molecule has 0 aliphatic carbocycles. The Labute approximate surface area is 139 Å². The molecule has 0 saturated carbocycles. The third-order valence-corrected chi connectivity index (χ3v) is 5.47. The van der Waals surface area contributed by atoms with Crippen molar-refractivity contribution in [3.63, 3.8) is 0 Å². The molecular weight excluding hydrogens is 320 g/mol. The van der Waals surface area contributed by atoms with Crippen LogP contribution in [0.4, 0.5) is 0 Å². The van der Waals surface area contributed by atoms with Crippen LogP contribution in [0.2, 0.25) is 0 Å². The van der Waals surface area contributed by atoms with Crippen molar-refractivity contribution in [1.29, 1.82) is 0 Å². The summed E-state index contributed by atoms with van der Waals surface area (Å²) in [6.07, 6.45) is 2.52. The third kappa shape index (κ3) is 4.04. The topological polar surface area (TPSA) is 95.0 Å². The van der Waals surface area contributed by atoms with Gasteiger partial charge in [-0.05, 0) is 26.2 Å². The van der Waals surface area contributed by atoms with Crippen LogP contribution in [0.25, 0.3) is 0 Å². The predicted octanol–water partition coefficient (Wildman–Crippen LogP) is 0.723. The summed E-state index contributed by atoms with van der Waals surface area (Å²) in [6, 6.07) is -0.730. The smallest absolute Gasteiger partial charge is 0.326 e. The first-order valence-electron chi connectivity index (χ1n) is 7.93. The van der Waals surface area contributed by atoms with Gasteiger partial charge in [-0.3, -0.25) is 19.3 Å². The number of piperidine rings is 1. The van der Waals surface area contributed by atoms with Crippen LogP contribution in [-0.4, -0.2) is 68.7 Å². The second kappa shape index (κ2) is 7.81. The number of rotatable bonds is 6. The van der Waals surface area contributed by atoms with Crippen LogP contribution < -0.4 is 0 Å². The highest BCUT2D eigenvalue weighted by Gasteiger charge is 2.38. The van der Waals surface area contributed by atoms with Gasteiger partial charge in [0.2, 0.25) is 17.7 Å². The molecule has 0 spiro atoms. The molecule has 0 aromatic rings. The van der Waals surface area contributed by atoms with Gasteiger partial charge in [0.25, 0.3) is 0 Å². The van der Waals surface area contributed by atoms with Gasteiger partial charge >= 0.3 is 5.97 Å². The molecule has 0 bridgehead atoms. The molecule has 3 amide bonds. The average Bonchev–Trinajstić information content (AvgIpc) is 2.80. The number of carboxylic acid groups (broad SMARTS) is 1. The summed E-state index contributed by atoms with van der Waals surface area (Å²) in [5.74, 6) is -1.07. The lowest BCUT2D eigenvalue weighted by molar-refractivity contribution is -0.151. The van der Waals surface area contributed by atoms with Gasteiger partial charge in [0, 0.05) is 31.7 Å². The van der Waals surface area contributed by atoms with E-state index in [1.165, 1.54) is 21.6 Å². The molecular formula is C15H22N2O5S. The van der Waals surface area contributed by atoms with Crippen LogP contribution in [0.3, 0.4) is 0 Å². The second-order valence-electron chi connectivity index (χ2n) is 5.73. The highest BCUT2D eigenvalue weighted by atomic mass is 32.2. The fourth-order valence-corrected chi connectivity index (χ4v) is 4.14. The van der Waals surface area contributed by atoms with Crippen LogP contribution in [0.1, 0.15) is 39.0 Å². The molecule has 2 rings (SSSR count). The zero-order valence-corrected chi connectivity index (χ0v) is 14.0. The monoisotopic (exact) mass is 342 g/mol. The number of carbonyl (C=O) groups is 4. The van der Waals surface area contributed by atoms with Gasteiger partial charge in [0.15, 0.2) is 0 Å². The first kappa shape index (κ1) is 17.8. The SMILES string of the molecule is CCN1C(=O)CC(SCCC(=O)N2CCCCC2C(=O)O)C1=O. The molecule has 2 aliphatic rings. The van der Waals surface area contributed by atoms with Gasteiger partial charge in [-0.2, -0.15) is 0 Å². The highest BCUT2D eigenvalue weighted by Crippen LogP contribution is 2.26. The molecule has 128 valence electrons. The Morgan fingerprint density at radius 3 is 2.65 bits per heavy atom. The Morgan fingerprint density at radius 2 is 2.04 bits per heavy atom. The standard InChI is InChI=1S/C15H22N2O5S/c1-2-16-13(19)9-11(14(16)20)23-8-6-12(18)17-7-4-3-5-10(17)15(21)22/h10-11H,2-9H2,1H3,(H,21,22). The first-order chi connectivity index (χ1) is 11.0. The summed E-state index contributed by atoms with van der Waals surface area (Å²) < 4.78 is 0. The van der Waals surface area contributed by atoms with Gasteiger partial charge in [0.05, 0.1) is 5.25 Å². The number of amides is 3. The van der Waals surface area contributed by atoms with E-state index in [-0.39, 0.29) is 30.6 Å². The van der Waals surface area contributed by atoms with Crippen LogP contribution in [0.5, 0.6) is 0 Å². The number of carboxylic acids is 1. The summed E-state index contributed by atoms with van der Waals surface area (Å²) in [7, 11) is 0. The zero-order chi connectivity index (χ0) is 17.0. The Kier molecular flexibility index (Phi) is 6.04. The minimum Gasteiger partial charge on any atom is -0.480 e. The lowest BCUT2D eigenvalue weighted by Crippen LogP contribution is -2.48. The summed E-state index contributed by atoms with van der Waals surface area (Å²) >= 11 is 1.31. The van der Waals surface area contributed by atoms with Crippen molar-refractivity contribution < 1.29 is 24.3 Å². The van der Waals surface area contributed by atoms with E-state index in [1.807, 2.05) is 0 Å². The number of imide groups is 1. The summed E-state index contributed by atoms with van der Waals surface area (Å²) in [5.41, 5.74) is 0.